The lowest BCUT2D eigenvalue weighted by Gasteiger charge is -2.43. The second-order valence-corrected chi connectivity index (χ2v) is 7.60. The van der Waals surface area contributed by atoms with Crippen molar-refractivity contribution in [1.29, 1.82) is 0 Å². The molecule has 0 saturated heterocycles. The summed E-state index contributed by atoms with van der Waals surface area (Å²) in [4.78, 5) is 2.62. The summed E-state index contributed by atoms with van der Waals surface area (Å²) in [5, 5.41) is 1.44. The van der Waals surface area contributed by atoms with Gasteiger partial charge in [-0.1, -0.05) is 78.5 Å². The Bertz CT molecular complexity index is 1040. The molecule has 0 aliphatic carbocycles. The zero-order chi connectivity index (χ0) is 23.3. The fraction of sp³-hybridized carbons (Fsp3) is 0.448. The molecule has 3 heterocycles. The highest BCUT2D eigenvalue weighted by Gasteiger charge is 2.35. The largest absolute Gasteiger partial charge is 0.348 e. The van der Waals surface area contributed by atoms with Crippen LogP contribution in [0.15, 0.2) is 43.0 Å². The Morgan fingerprint density at radius 3 is 2.23 bits per heavy atom. The topological polar surface area (TPSA) is 8.17 Å². The maximum atomic E-state index is 4.56. The average Bonchev–Trinajstić information content (AvgIpc) is 3.07. The second kappa shape index (κ2) is 10.8. The molecule has 168 valence electrons. The maximum absolute atomic E-state index is 4.56. The molecule has 2 aliphatic heterocycles. The van der Waals surface area contributed by atoms with E-state index in [1.807, 2.05) is 41.5 Å². The normalized spacial score (nSPS) is 16.4. The number of rotatable bonds is 0. The first-order valence-electron chi connectivity index (χ1n) is 12.2. The zero-order valence-electron chi connectivity index (χ0n) is 21.3. The Hall–Kier alpha value is -2.32. The Morgan fingerprint density at radius 1 is 0.903 bits per heavy atom. The van der Waals surface area contributed by atoms with Gasteiger partial charge in [0.05, 0.1) is 6.04 Å². The smallest absolute Gasteiger partial charge is 0.0607 e. The molecule has 2 nitrogen and oxygen atoms in total. The Balaban J connectivity index is 0.000000527. The van der Waals surface area contributed by atoms with Crippen LogP contribution in [0.3, 0.4) is 0 Å². The lowest BCUT2D eigenvalue weighted by Crippen LogP contribution is -2.38. The Kier molecular flexibility index (Phi) is 8.70. The monoisotopic (exact) mass is 418 g/mol. The van der Waals surface area contributed by atoms with E-state index >= 15 is 0 Å². The van der Waals surface area contributed by atoms with Crippen molar-refractivity contribution in [1.82, 2.24) is 9.47 Å². The molecular formula is C29H42N2. The number of nitrogens with zero attached hydrogens (tertiary/aromatic N) is 2. The predicted octanol–water partition coefficient (Wildman–Crippen LogP) is 8.00. The summed E-state index contributed by atoms with van der Waals surface area (Å²) in [5.74, 6) is 0. The molecule has 31 heavy (non-hydrogen) atoms. The van der Waals surface area contributed by atoms with Crippen LogP contribution in [0.1, 0.15) is 81.1 Å². The first-order valence-corrected chi connectivity index (χ1v) is 12.2. The first-order chi connectivity index (χ1) is 15.1. The number of fused-ring (bicyclic) bond motifs is 6. The van der Waals surface area contributed by atoms with Crippen LogP contribution >= 0.6 is 0 Å². The van der Waals surface area contributed by atoms with E-state index in [9.17, 15) is 0 Å². The van der Waals surface area contributed by atoms with Crippen LogP contribution in [0.5, 0.6) is 0 Å². The minimum Gasteiger partial charge on any atom is -0.348 e. The van der Waals surface area contributed by atoms with Gasteiger partial charge in [-0.25, -0.2) is 0 Å². The van der Waals surface area contributed by atoms with Crippen molar-refractivity contribution < 1.29 is 0 Å². The van der Waals surface area contributed by atoms with E-state index in [2.05, 4.69) is 73.3 Å². The van der Waals surface area contributed by atoms with Gasteiger partial charge in [-0.2, -0.15) is 0 Å². The number of hydrogen-bond acceptors (Lipinski definition) is 1. The summed E-state index contributed by atoms with van der Waals surface area (Å²) in [5.41, 5.74) is 11.1. The number of aromatic nitrogens is 1. The molecule has 1 atom stereocenters. The number of benzene rings is 2. The van der Waals surface area contributed by atoms with E-state index in [1.54, 1.807) is 0 Å². The zero-order valence-corrected chi connectivity index (χ0v) is 21.3. The van der Waals surface area contributed by atoms with Crippen molar-refractivity contribution in [2.75, 3.05) is 6.54 Å². The molecule has 5 rings (SSSR count). The van der Waals surface area contributed by atoms with Crippen LogP contribution < -0.4 is 0 Å². The third kappa shape index (κ3) is 4.11. The lowest BCUT2D eigenvalue weighted by atomic mass is 9.80. The second-order valence-electron chi connectivity index (χ2n) is 7.60. The fourth-order valence-corrected chi connectivity index (χ4v) is 4.96. The van der Waals surface area contributed by atoms with Crippen molar-refractivity contribution in [3.05, 3.63) is 76.5 Å². The van der Waals surface area contributed by atoms with Crippen LogP contribution in [0.2, 0.25) is 0 Å². The molecule has 3 aromatic rings. The SMILES string of the molecule is C=C1c2ccc3c(c(C)c(C)n3C)c2CN2CCc3ccccc3C12.CC.CC.CC. The summed E-state index contributed by atoms with van der Waals surface area (Å²) in [6.07, 6.45) is 1.14. The van der Waals surface area contributed by atoms with Crippen molar-refractivity contribution in [3.63, 3.8) is 0 Å². The number of hydrogen-bond donors (Lipinski definition) is 0. The average molecular weight is 419 g/mol. The third-order valence-corrected chi connectivity index (χ3v) is 6.49. The van der Waals surface area contributed by atoms with E-state index in [1.165, 1.54) is 50.0 Å². The van der Waals surface area contributed by atoms with Crippen LogP contribution in [0.25, 0.3) is 16.5 Å². The Morgan fingerprint density at radius 2 is 1.55 bits per heavy atom. The molecule has 0 amide bonds. The number of aryl methyl sites for hydroxylation is 2. The van der Waals surface area contributed by atoms with Crippen LogP contribution in [0.4, 0.5) is 0 Å². The standard InChI is InChI=1S/C23H24N2.3C2H6/c1-14-16(3)24(4)21-10-9-18-15(2)23-19-8-6-5-7-17(19)11-12-25(23)13-20(18)22(14)21;3*1-2/h5-10,23H,2,11-13H2,1,3-4H3;3*1-2H3. The van der Waals surface area contributed by atoms with Gasteiger partial charge in [-0.05, 0) is 59.7 Å². The fourth-order valence-electron chi connectivity index (χ4n) is 4.96. The van der Waals surface area contributed by atoms with Gasteiger partial charge in [0.2, 0.25) is 0 Å². The molecule has 1 aromatic heterocycles. The van der Waals surface area contributed by atoms with Crippen LogP contribution in [-0.4, -0.2) is 16.0 Å². The summed E-state index contributed by atoms with van der Waals surface area (Å²) in [7, 11) is 2.18. The minimum absolute atomic E-state index is 0.333. The predicted molar refractivity (Wildman–Crippen MR) is 139 cm³/mol. The summed E-state index contributed by atoms with van der Waals surface area (Å²) in [6.45, 7) is 23.2. The quantitative estimate of drug-likeness (QED) is 0.359. The molecule has 0 bridgehead atoms. The van der Waals surface area contributed by atoms with Gasteiger partial charge in [0.25, 0.3) is 0 Å². The minimum atomic E-state index is 0.333. The highest BCUT2D eigenvalue weighted by atomic mass is 15.2. The molecule has 1 unspecified atom stereocenters. The lowest BCUT2D eigenvalue weighted by molar-refractivity contribution is 0.210. The molecule has 2 aromatic carbocycles. The van der Waals surface area contributed by atoms with E-state index in [-0.39, 0.29) is 0 Å². The van der Waals surface area contributed by atoms with Gasteiger partial charge in [-0.3, -0.25) is 4.90 Å². The van der Waals surface area contributed by atoms with Gasteiger partial charge in [-0.15, -0.1) is 0 Å². The van der Waals surface area contributed by atoms with E-state index < -0.39 is 0 Å². The van der Waals surface area contributed by atoms with Gasteiger partial charge in [0.1, 0.15) is 0 Å². The van der Waals surface area contributed by atoms with Gasteiger partial charge in [0.15, 0.2) is 0 Å². The maximum Gasteiger partial charge on any atom is 0.0607 e. The highest BCUT2D eigenvalue weighted by molar-refractivity contribution is 5.94. The van der Waals surface area contributed by atoms with Crippen molar-refractivity contribution in [2.45, 2.75) is 74.4 Å². The van der Waals surface area contributed by atoms with Crippen molar-refractivity contribution >= 4 is 16.5 Å². The molecule has 2 aliphatic rings. The van der Waals surface area contributed by atoms with Crippen molar-refractivity contribution in [3.8, 4) is 0 Å². The summed E-state index contributed by atoms with van der Waals surface area (Å²) >= 11 is 0. The molecule has 0 radical (unpaired) electrons. The molecule has 0 spiro atoms. The third-order valence-electron chi connectivity index (χ3n) is 6.49. The summed E-state index contributed by atoms with van der Waals surface area (Å²) in [6, 6.07) is 13.8. The van der Waals surface area contributed by atoms with Crippen molar-refractivity contribution in [2.24, 2.45) is 7.05 Å². The van der Waals surface area contributed by atoms with E-state index in [0.29, 0.717) is 6.04 Å². The van der Waals surface area contributed by atoms with E-state index in [4.69, 9.17) is 0 Å². The first kappa shape index (κ1) is 24.9. The van der Waals surface area contributed by atoms with Crippen LogP contribution in [0, 0.1) is 13.8 Å². The molecular weight excluding hydrogens is 376 g/mol. The van der Waals surface area contributed by atoms with Gasteiger partial charge < -0.3 is 4.57 Å². The summed E-state index contributed by atoms with van der Waals surface area (Å²) < 4.78 is 2.32. The molecule has 2 heteroatoms. The Labute approximate surface area is 190 Å². The molecule has 0 saturated carbocycles. The highest BCUT2D eigenvalue weighted by Crippen LogP contribution is 2.46. The van der Waals surface area contributed by atoms with Gasteiger partial charge in [0, 0.05) is 36.7 Å². The van der Waals surface area contributed by atoms with Gasteiger partial charge >= 0.3 is 0 Å². The van der Waals surface area contributed by atoms with Crippen LogP contribution in [-0.2, 0) is 20.0 Å². The van der Waals surface area contributed by atoms with E-state index in [0.717, 1.165) is 19.5 Å². The molecule has 0 N–H and O–H groups in total. The molecule has 0 fully saturated rings.